The molecule has 1 aromatic heterocycles. The van der Waals surface area contributed by atoms with Gasteiger partial charge in [0.25, 0.3) is 5.91 Å². The number of aliphatic hydroxyl groups is 1. The number of hydrogen-bond acceptors (Lipinski definition) is 2. The van der Waals surface area contributed by atoms with Crippen LogP contribution in [0.25, 0.3) is 0 Å². The molecule has 0 aliphatic rings. The lowest BCUT2D eigenvalue weighted by atomic mass is 10.0. The standard InChI is InChI=1S/C16H20N2O2/c1-12(15(19)11-13-7-4-3-5-8-13)17-16(20)14-9-6-10-18(14)2/h3-10,12,15,19H,11H2,1-2H3,(H,17,20). The lowest BCUT2D eigenvalue weighted by Crippen LogP contribution is -2.42. The lowest BCUT2D eigenvalue weighted by molar-refractivity contribution is 0.0844. The van der Waals surface area contributed by atoms with Crippen LogP contribution in [-0.2, 0) is 13.5 Å². The van der Waals surface area contributed by atoms with Crippen LogP contribution < -0.4 is 5.32 Å². The smallest absolute Gasteiger partial charge is 0.268 e. The number of rotatable bonds is 5. The molecule has 0 saturated heterocycles. The van der Waals surface area contributed by atoms with Gasteiger partial charge in [0, 0.05) is 19.7 Å². The molecule has 0 bridgehead atoms. The molecule has 0 aliphatic carbocycles. The molecule has 2 rings (SSSR count). The third-order valence-electron chi connectivity index (χ3n) is 3.40. The molecule has 106 valence electrons. The van der Waals surface area contributed by atoms with E-state index in [1.165, 1.54) is 0 Å². The van der Waals surface area contributed by atoms with Gasteiger partial charge in [-0.15, -0.1) is 0 Å². The molecule has 2 aromatic rings. The monoisotopic (exact) mass is 272 g/mol. The van der Waals surface area contributed by atoms with E-state index in [1.807, 2.05) is 56.6 Å². The zero-order valence-corrected chi connectivity index (χ0v) is 11.8. The maximum Gasteiger partial charge on any atom is 0.268 e. The van der Waals surface area contributed by atoms with E-state index in [4.69, 9.17) is 0 Å². The first-order chi connectivity index (χ1) is 9.58. The van der Waals surface area contributed by atoms with Crippen molar-refractivity contribution in [1.29, 1.82) is 0 Å². The zero-order chi connectivity index (χ0) is 14.5. The van der Waals surface area contributed by atoms with Gasteiger partial charge >= 0.3 is 0 Å². The molecule has 1 aromatic carbocycles. The molecular formula is C16H20N2O2. The van der Waals surface area contributed by atoms with E-state index < -0.39 is 6.10 Å². The van der Waals surface area contributed by atoms with Crippen LogP contribution in [0.2, 0.25) is 0 Å². The quantitative estimate of drug-likeness (QED) is 0.871. The summed E-state index contributed by atoms with van der Waals surface area (Å²) in [6.07, 6.45) is 1.73. The number of aromatic nitrogens is 1. The first-order valence-corrected chi connectivity index (χ1v) is 6.72. The average molecular weight is 272 g/mol. The summed E-state index contributed by atoms with van der Waals surface area (Å²) in [5.74, 6) is -0.169. The summed E-state index contributed by atoms with van der Waals surface area (Å²) < 4.78 is 1.76. The Morgan fingerprint density at radius 3 is 2.55 bits per heavy atom. The Hall–Kier alpha value is -2.07. The summed E-state index contributed by atoms with van der Waals surface area (Å²) in [5.41, 5.74) is 1.64. The van der Waals surface area contributed by atoms with E-state index in [0.29, 0.717) is 12.1 Å². The predicted octanol–water partition coefficient (Wildman–Crippen LogP) is 1.75. The number of benzene rings is 1. The number of aryl methyl sites for hydroxylation is 1. The van der Waals surface area contributed by atoms with Gasteiger partial charge in [-0.3, -0.25) is 4.79 Å². The van der Waals surface area contributed by atoms with Crippen LogP contribution in [0.3, 0.4) is 0 Å². The highest BCUT2D eigenvalue weighted by Gasteiger charge is 2.18. The highest BCUT2D eigenvalue weighted by molar-refractivity contribution is 5.92. The molecule has 2 N–H and O–H groups in total. The fourth-order valence-electron chi connectivity index (χ4n) is 2.11. The van der Waals surface area contributed by atoms with E-state index in [-0.39, 0.29) is 11.9 Å². The van der Waals surface area contributed by atoms with Crippen molar-refractivity contribution in [2.45, 2.75) is 25.5 Å². The summed E-state index contributed by atoms with van der Waals surface area (Å²) in [7, 11) is 1.82. The molecule has 4 nitrogen and oxygen atoms in total. The Kier molecular flexibility index (Phi) is 4.58. The van der Waals surface area contributed by atoms with Crippen LogP contribution in [-0.4, -0.2) is 27.7 Å². The molecule has 4 heteroatoms. The Labute approximate surface area is 119 Å². The molecule has 1 amide bonds. The minimum Gasteiger partial charge on any atom is -0.391 e. The second-order valence-corrected chi connectivity index (χ2v) is 5.02. The van der Waals surface area contributed by atoms with Crippen LogP contribution in [0.4, 0.5) is 0 Å². The second kappa shape index (κ2) is 6.39. The van der Waals surface area contributed by atoms with Crippen molar-refractivity contribution in [3.05, 3.63) is 59.9 Å². The largest absolute Gasteiger partial charge is 0.391 e. The van der Waals surface area contributed by atoms with Gasteiger partial charge in [-0.05, 0) is 24.6 Å². The van der Waals surface area contributed by atoms with E-state index in [1.54, 1.807) is 10.6 Å². The Morgan fingerprint density at radius 2 is 1.95 bits per heavy atom. The van der Waals surface area contributed by atoms with E-state index in [9.17, 15) is 9.90 Å². The van der Waals surface area contributed by atoms with Crippen LogP contribution in [0.1, 0.15) is 23.0 Å². The number of carbonyl (C=O) groups is 1. The molecule has 20 heavy (non-hydrogen) atoms. The van der Waals surface area contributed by atoms with E-state index in [2.05, 4.69) is 5.32 Å². The van der Waals surface area contributed by atoms with Crippen molar-refractivity contribution in [2.24, 2.45) is 7.05 Å². The molecule has 0 aliphatic heterocycles. The van der Waals surface area contributed by atoms with Crippen LogP contribution in [0.5, 0.6) is 0 Å². The SMILES string of the molecule is CC(NC(=O)c1cccn1C)C(O)Cc1ccccc1. The van der Waals surface area contributed by atoms with Crippen molar-refractivity contribution in [1.82, 2.24) is 9.88 Å². The van der Waals surface area contributed by atoms with E-state index >= 15 is 0 Å². The Balaban J connectivity index is 1.93. The number of nitrogens with one attached hydrogen (secondary N) is 1. The topological polar surface area (TPSA) is 54.3 Å². The molecule has 0 saturated carbocycles. The summed E-state index contributed by atoms with van der Waals surface area (Å²) in [6, 6.07) is 13.0. The number of amides is 1. The second-order valence-electron chi connectivity index (χ2n) is 5.02. The highest BCUT2D eigenvalue weighted by atomic mass is 16.3. The van der Waals surface area contributed by atoms with Gasteiger partial charge in [0.15, 0.2) is 0 Å². The van der Waals surface area contributed by atoms with Crippen molar-refractivity contribution >= 4 is 5.91 Å². The first-order valence-electron chi connectivity index (χ1n) is 6.72. The van der Waals surface area contributed by atoms with Crippen LogP contribution >= 0.6 is 0 Å². The molecule has 0 radical (unpaired) electrons. The summed E-state index contributed by atoms with van der Waals surface area (Å²) in [6.45, 7) is 1.81. The number of nitrogens with zero attached hydrogens (tertiary/aromatic N) is 1. The molecule has 0 fully saturated rings. The third kappa shape index (κ3) is 3.48. The van der Waals surface area contributed by atoms with Crippen molar-refractivity contribution in [2.75, 3.05) is 0 Å². The Bertz CT molecular complexity index is 563. The summed E-state index contributed by atoms with van der Waals surface area (Å²) in [5, 5.41) is 13.0. The summed E-state index contributed by atoms with van der Waals surface area (Å²) in [4.78, 5) is 12.1. The number of carbonyl (C=O) groups excluding carboxylic acids is 1. The van der Waals surface area contributed by atoms with Crippen LogP contribution in [0.15, 0.2) is 48.7 Å². The minimum absolute atomic E-state index is 0.169. The maximum atomic E-state index is 12.1. The van der Waals surface area contributed by atoms with Crippen molar-refractivity contribution in [3.63, 3.8) is 0 Å². The molecular weight excluding hydrogens is 252 g/mol. The van der Waals surface area contributed by atoms with Crippen molar-refractivity contribution < 1.29 is 9.90 Å². The number of hydrogen-bond donors (Lipinski definition) is 2. The van der Waals surface area contributed by atoms with E-state index in [0.717, 1.165) is 5.56 Å². The van der Waals surface area contributed by atoms with Gasteiger partial charge in [-0.25, -0.2) is 0 Å². The first kappa shape index (κ1) is 14.3. The molecule has 2 unspecified atom stereocenters. The minimum atomic E-state index is -0.610. The molecule has 1 heterocycles. The summed E-state index contributed by atoms with van der Waals surface area (Å²) >= 11 is 0. The van der Waals surface area contributed by atoms with Gasteiger partial charge in [0.2, 0.25) is 0 Å². The zero-order valence-electron chi connectivity index (χ0n) is 11.8. The average Bonchev–Trinajstić information content (AvgIpc) is 2.86. The fourth-order valence-corrected chi connectivity index (χ4v) is 2.11. The lowest BCUT2D eigenvalue weighted by Gasteiger charge is -2.20. The highest BCUT2D eigenvalue weighted by Crippen LogP contribution is 2.07. The van der Waals surface area contributed by atoms with Gasteiger partial charge < -0.3 is 15.0 Å². The van der Waals surface area contributed by atoms with Gasteiger partial charge in [-0.1, -0.05) is 30.3 Å². The van der Waals surface area contributed by atoms with Gasteiger partial charge in [0.1, 0.15) is 5.69 Å². The Morgan fingerprint density at radius 1 is 1.25 bits per heavy atom. The molecule has 0 spiro atoms. The predicted molar refractivity (Wildman–Crippen MR) is 78.5 cm³/mol. The normalized spacial score (nSPS) is 13.8. The molecule has 2 atom stereocenters. The van der Waals surface area contributed by atoms with Gasteiger partial charge in [-0.2, -0.15) is 0 Å². The number of aliphatic hydroxyl groups excluding tert-OH is 1. The van der Waals surface area contributed by atoms with Crippen LogP contribution in [0, 0.1) is 0 Å². The van der Waals surface area contributed by atoms with Crippen molar-refractivity contribution in [3.8, 4) is 0 Å². The maximum absolute atomic E-state index is 12.1. The third-order valence-corrected chi connectivity index (χ3v) is 3.40. The van der Waals surface area contributed by atoms with Gasteiger partial charge in [0.05, 0.1) is 12.1 Å². The fraction of sp³-hybridized carbons (Fsp3) is 0.312.